The van der Waals surface area contributed by atoms with Crippen molar-refractivity contribution >= 4 is 24.0 Å². The fraction of sp³-hybridized carbons (Fsp3) is 0.333. The lowest BCUT2D eigenvalue weighted by Crippen LogP contribution is -2.30. The van der Waals surface area contributed by atoms with Crippen molar-refractivity contribution in [2.24, 2.45) is 5.73 Å². The van der Waals surface area contributed by atoms with Gasteiger partial charge >= 0.3 is 0 Å². The predicted molar refractivity (Wildman–Crippen MR) is 55.8 cm³/mol. The zero-order chi connectivity index (χ0) is 10.2. The average molecular weight is 242 g/mol. The van der Waals surface area contributed by atoms with Gasteiger partial charge in [-0.3, -0.25) is 0 Å². The summed E-state index contributed by atoms with van der Waals surface area (Å²) >= 11 is 5.38. The molecule has 0 amide bonds. The lowest BCUT2D eigenvalue weighted by molar-refractivity contribution is 0.455. The van der Waals surface area contributed by atoms with Crippen LogP contribution < -0.4 is 5.73 Å². The van der Waals surface area contributed by atoms with E-state index in [2.05, 4.69) is 0 Å². The molecule has 0 unspecified atom stereocenters. The van der Waals surface area contributed by atoms with Crippen molar-refractivity contribution in [1.29, 1.82) is 0 Å². The van der Waals surface area contributed by atoms with Crippen LogP contribution in [0.4, 0.5) is 8.78 Å². The Morgan fingerprint density at radius 2 is 1.71 bits per heavy atom. The summed E-state index contributed by atoms with van der Waals surface area (Å²) in [4.78, 5) is 0. The van der Waals surface area contributed by atoms with Crippen molar-refractivity contribution in [2.75, 3.05) is 0 Å². The monoisotopic (exact) mass is 241 g/mol. The Morgan fingerprint density at radius 3 is 2.14 bits per heavy atom. The number of rotatable bonds is 1. The van der Waals surface area contributed by atoms with Crippen LogP contribution in [0.1, 0.15) is 19.4 Å². The molecule has 0 heterocycles. The smallest absolute Gasteiger partial charge is 0.177 e. The molecular formula is C9H11Cl2F2N. The molecule has 0 radical (unpaired) electrons. The van der Waals surface area contributed by atoms with Gasteiger partial charge in [-0.2, -0.15) is 0 Å². The number of halogens is 4. The van der Waals surface area contributed by atoms with Gasteiger partial charge < -0.3 is 5.73 Å². The molecule has 1 rings (SSSR count). The van der Waals surface area contributed by atoms with Crippen LogP contribution in [0.3, 0.4) is 0 Å². The van der Waals surface area contributed by atoms with Crippen molar-refractivity contribution in [3.8, 4) is 0 Å². The molecule has 5 heteroatoms. The summed E-state index contributed by atoms with van der Waals surface area (Å²) in [5.41, 5.74) is 4.84. The average Bonchev–Trinajstić information content (AvgIpc) is 1.98. The van der Waals surface area contributed by atoms with Crippen LogP contribution >= 0.6 is 24.0 Å². The van der Waals surface area contributed by atoms with Crippen LogP contribution in [0.2, 0.25) is 5.02 Å². The summed E-state index contributed by atoms with van der Waals surface area (Å²) in [6, 6.07) is 2.69. The van der Waals surface area contributed by atoms with Crippen LogP contribution in [0, 0.1) is 11.6 Å². The lowest BCUT2D eigenvalue weighted by Gasteiger charge is -2.20. The van der Waals surface area contributed by atoms with Crippen molar-refractivity contribution in [1.82, 2.24) is 0 Å². The summed E-state index contributed by atoms with van der Waals surface area (Å²) in [7, 11) is 0. The second-order valence-electron chi connectivity index (χ2n) is 3.44. The van der Waals surface area contributed by atoms with Gasteiger partial charge in [0.1, 0.15) is 0 Å². The van der Waals surface area contributed by atoms with Gasteiger partial charge in [-0.05, 0) is 19.9 Å². The van der Waals surface area contributed by atoms with E-state index >= 15 is 0 Å². The van der Waals surface area contributed by atoms with Crippen LogP contribution in [-0.2, 0) is 5.54 Å². The van der Waals surface area contributed by atoms with Crippen molar-refractivity contribution in [2.45, 2.75) is 19.4 Å². The van der Waals surface area contributed by atoms with Crippen LogP contribution in [-0.4, -0.2) is 0 Å². The maximum absolute atomic E-state index is 13.2. The minimum Gasteiger partial charge on any atom is -0.322 e. The van der Waals surface area contributed by atoms with E-state index in [1.807, 2.05) is 0 Å². The highest BCUT2D eigenvalue weighted by atomic mass is 35.5. The Labute approximate surface area is 92.7 Å². The first-order valence-electron chi connectivity index (χ1n) is 3.77. The molecule has 1 nitrogen and oxygen atoms in total. The van der Waals surface area contributed by atoms with Crippen molar-refractivity contribution < 1.29 is 8.78 Å². The summed E-state index contributed by atoms with van der Waals surface area (Å²) in [5, 5.41) is -0.231. The molecule has 0 aliphatic heterocycles. The third-order valence-corrected chi connectivity index (χ3v) is 2.02. The molecule has 80 valence electrons. The number of hydrogen-bond donors (Lipinski definition) is 1. The molecule has 14 heavy (non-hydrogen) atoms. The molecule has 1 aromatic carbocycles. The minimum absolute atomic E-state index is 0. The molecular weight excluding hydrogens is 231 g/mol. The maximum atomic E-state index is 13.2. The van der Waals surface area contributed by atoms with E-state index in [9.17, 15) is 8.78 Å². The highest BCUT2D eigenvalue weighted by molar-refractivity contribution is 6.30. The van der Waals surface area contributed by atoms with E-state index < -0.39 is 17.2 Å². The molecule has 2 N–H and O–H groups in total. The second kappa shape index (κ2) is 4.43. The molecule has 0 saturated heterocycles. The molecule has 0 bridgehead atoms. The zero-order valence-corrected chi connectivity index (χ0v) is 9.35. The molecule has 1 aromatic rings. The van der Waals surface area contributed by atoms with Crippen molar-refractivity contribution in [3.05, 3.63) is 34.4 Å². The molecule has 0 aliphatic rings. The molecule has 0 aliphatic carbocycles. The first-order valence-corrected chi connectivity index (χ1v) is 4.14. The molecule has 0 atom stereocenters. The van der Waals surface area contributed by atoms with E-state index in [0.29, 0.717) is 0 Å². The fourth-order valence-corrected chi connectivity index (χ4v) is 1.17. The van der Waals surface area contributed by atoms with E-state index in [1.165, 1.54) is 12.1 Å². The quantitative estimate of drug-likeness (QED) is 0.751. The lowest BCUT2D eigenvalue weighted by atomic mass is 9.95. The molecule has 0 aromatic heterocycles. The van der Waals surface area contributed by atoms with Gasteiger partial charge in [0.05, 0.1) is 5.02 Å². The zero-order valence-electron chi connectivity index (χ0n) is 7.77. The van der Waals surface area contributed by atoms with Gasteiger partial charge in [0.2, 0.25) is 0 Å². The third kappa shape index (κ3) is 2.56. The largest absolute Gasteiger partial charge is 0.322 e. The SMILES string of the molecule is CC(C)(N)c1ccc(Cl)c(F)c1F.Cl. The first-order chi connectivity index (χ1) is 5.84. The summed E-state index contributed by atoms with van der Waals surface area (Å²) in [6.07, 6.45) is 0. The highest BCUT2D eigenvalue weighted by Gasteiger charge is 2.22. The van der Waals surface area contributed by atoms with Crippen LogP contribution in [0.5, 0.6) is 0 Å². The van der Waals surface area contributed by atoms with Gasteiger partial charge in [-0.15, -0.1) is 12.4 Å². The third-order valence-electron chi connectivity index (χ3n) is 1.73. The van der Waals surface area contributed by atoms with E-state index in [0.717, 1.165) is 0 Å². The first kappa shape index (κ1) is 13.6. The summed E-state index contributed by atoms with van der Waals surface area (Å²) < 4.78 is 26.2. The Bertz CT molecular complexity index is 334. The van der Waals surface area contributed by atoms with E-state index in [-0.39, 0.29) is 23.0 Å². The topological polar surface area (TPSA) is 26.0 Å². The van der Waals surface area contributed by atoms with Gasteiger partial charge in [0.25, 0.3) is 0 Å². The second-order valence-corrected chi connectivity index (χ2v) is 3.85. The number of hydrogen-bond acceptors (Lipinski definition) is 1. The van der Waals surface area contributed by atoms with E-state index in [1.54, 1.807) is 13.8 Å². The van der Waals surface area contributed by atoms with Crippen LogP contribution in [0.15, 0.2) is 12.1 Å². The summed E-state index contributed by atoms with van der Waals surface area (Å²) in [5.74, 6) is -2.02. The fourth-order valence-electron chi connectivity index (χ4n) is 1.02. The van der Waals surface area contributed by atoms with Crippen molar-refractivity contribution in [3.63, 3.8) is 0 Å². The molecule has 0 fully saturated rings. The molecule has 0 spiro atoms. The maximum Gasteiger partial charge on any atom is 0.177 e. The summed E-state index contributed by atoms with van der Waals surface area (Å²) in [6.45, 7) is 3.19. The van der Waals surface area contributed by atoms with Gasteiger partial charge in [-0.1, -0.05) is 17.7 Å². The number of nitrogens with two attached hydrogens (primary N) is 1. The standard InChI is InChI=1S/C9H10ClF2N.ClH/c1-9(2,13)5-3-4-6(10)8(12)7(5)11;/h3-4H,13H2,1-2H3;1H. The Kier molecular flexibility index (Phi) is 4.31. The highest BCUT2D eigenvalue weighted by Crippen LogP contribution is 2.26. The van der Waals surface area contributed by atoms with Gasteiger partial charge in [0, 0.05) is 11.1 Å². The molecule has 0 saturated carbocycles. The Morgan fingerprint density at radius 1 is 1.21 bits per heavy atom. The number of benzene rings is 1. The van der Waals surface area contributed by atoms with Gasteiger partial charge in [-0.25, -0.2) is 8.78 Å². The Balaban J connectivity index is 0.00000169. The Hall–Kier alpha value is -0.380. The van der Waals surface area contributed by atoms with Gasteiger partial charge in [0.15, 0.2) is 11.6 Å². The normalized spacial score (nSPS) is 11.0. The van der Waals surface area contributed by atoms with Crippen LogP contribution in [0.25, 0.3) is 0 Å². The van der Waals surface area contributed by atoms with E-state index in [4.69, 9.17) is 17.3 Å². The minimum atomic E-state index is -1.04. The predicted octanol–water partition coefficient (Wildman–Crippen LogP) is 3.23.